The Morgan fingerprint density at radius 3 is 2.64 bits per heavy atom. The standard InChI is InChI=1S/C9H10ClNO2S/c1-2-5-8-6-3-4-7-9(8)14(12,13)11-10/h2-4,6-7,11H,1,5H2. The number of nitrogens with one attached hydrogen (secondary N) is 1. The lowest BCUT2D eigenvalue weighted by atomic mass is 10.1. The summed E-state index contributed by atoms with van der Waals surface area (Å²) in [5, 5.41) is 0. The Bertz CT molecular complexity index is 428. The summed E-state index contributed by atoms with van der Waals surface area (Å²) in [6.07, 6.45) is 2.14. The van der Waals surface area contributed by atoms with Crippen molar-refractivity contribution in [3.63, 3.8) is 0 Å². The molecule has 1 aromatic rings. The number of hydrogen-bond donors (Lipinski definition) is 1. The molecule has 0 spiro atoms. The van der Waals surface area contributed by atoms with Crippen LogP contribution < -0.4 is 4.24 Å². The lowest BCUT2D eigenvalue weighted by molar-refractivity contribution is 0.593. The van der Waals surface area contributed by atoms with E-state index >= 15 is 0 Å². The second-order valence-electron chi connectivity index (χ2n) is 2.68. The molecule has 0 amide bonds. The third-order valence-corrected chi connectivity index (χ3v) is 3.52. The minimum absolute atomic E-state index is 0.190. The molecular formula is C9H10ClNO2S. The second-order valence-corrected chi connectivity index (χ2v) is 4.75. The van der Waals surface area contributed by atoms with Crippen molar-refractivity contribution in [1.82, 2.24) is 4.24 Å². The molecule has 0 bridgehead atoms. The monoisotopic (exact) mass is 231 g/mol. The van der Waals surface area contributed by atoms with E-state index in [0.717, 1.165) is 0 Å². The lowest BCUT2D eigenvalue weighted by Gasteiger charge is -2.05. The van der Waals surface area contributed by atoms with E-state index in [1.807, 2.05) is 0 Å². The van der Waals surface area contributed by atoms with Crippen LogP contribution in [0.3, 0.4) is 0 Å². The smallest absolute Gasteiger partial charge is 0.206 e. The van der Waals surface area contributed by atoms with Gasteiger partial charge in [-0.15, -0.1) is 10.8 Å². The van der Waals surface area contributed by atoms with Gasteiger partial charge in [-0.1, -0.05) is 24.3 Å². The molecule has 0 aliphatic rings. The van der Waals surface area contributed by atoms with Crippen LogP contribution in [0.5, 0.6) is 0 Å². The normalized spacial score (nSPS) is 11.2. The number of halogens is 1. The van der Waals surface area contributed by atoms with Crippen molar-refractivity contribution < 1.29 is 8.42 Å². The van der Waals surface area contributed by atoms with Crippen LogP contribution in [0, 0.1) is 0 Å². The largest absolute Gasteiger partial charge is 0.254 e. The third kappa shape index (κ3) is 2.35. The van der Waals surface area contributed by atoms with E-state index in [9.17, 15) is 8.42 Å². The molecule has 3 nitrogen and oxygen atoms in total. The maximum Gasteiger partial charge on any atom is 0.254 e. The first-order chi connectivity index (χ1) is 6.61. The lowest BCUT2D eigenvalue weighted by Crippen LogP contribution is -2.15. The average molecular weight is 232 g/mol. The van der Waals surface area contributed by atoms with Crippen LogP contribution in [-0.2, 0) is 16.4 Å². The number of sulfonamides is 1. The number of hydrogen-bond acceptors (Lipinski definition) is 2. The third-order valence-electron chi connectivity index (χ3n) is 1.73. The summed E-state index contributed by atoms with van der Waals surface area (Å²) in [7, 11) is -3.58. The minimum atomic E-state index is -3.58. The van der Waals surface area contributed by atoms with Gasteiger partial charge in [-0.05, 0) is 29.8 Å². The molecule has 5 heteroatoms. The summed E-state index contributed by atoms with van der Waals surface area (Å²) in [5.74, 6) is 0. The highest BCUT2D eigenvalue weighted by Gasteiger charge is 2.15. The molecule has 0 radical (unpaired) electrons. The van der Waals surface area contributed by atoms with Crippen LogP contribution in [0.25, 0.3) is 0 Å². The van der Waals surface area contributed by atoms with Crippen molar-refractivity contribution in [2.24, 2.45) is 0 Å². The molecule has 1 aromatic carbocycles. The Kier molecular flexibility index (Phi) is 3.69. The highest BCUT2D eigenvalue weighted by atomic mass is 35.5. The SMILES string of the molecule is C=CCc1ccccc1S(=O)(=O)NCl. The predicted octanol–water partition coefficient (Wildman–Crippen LogP) is 1.85. The molecule has 0 saturated heterocycles. The van der Waals surface area contributed by atoms with Gasteiger partial charge in [-0.2, -0.15) is 0 Å². The molecule has 0 saturated carbocycles. The summed E-state index contributed by atoms with van der Waals surface area (Å²) in [5.41, 5.74) is 0.677. The topological polar surface area (TPSA) is 46.2 Å². The van der Waals surface area contributed by atoms with Gasteiger partial charge >= 0.3 is 0 Å². The van der Waals surface area contributed by atoms with Gasteiger partial charge in [-0.25, -0.2) is 8.42 Å². The Balaban J connectivity index is 3.26. The molecule has 0 heterocycles. The predicted molar refractivity (Wildman–Crippen MR) is 56.5 cm³/mol. The van der Waals surface area contributed by atoms with Crippen LogP contribution in [0.2, 0.25) is 0 Å². The van der Waals surface area contributed by atoms with Gasteiger partial charge in [0.1, 0.15) is 0 Å². The number of rotatable bonds is 4. The molecule has 0 fully saturated rings. The molecule has 0 aliphatic heterocycles. The van der Waals surface area contributed by atoms with Crippen LogP contribution in [0.15, 0.2) is 41.8 Å². The van der Waals surface area contributed by atoms with E-state index in [-0.39, 0.29) is 4.90 Å². The summed E-state index contributed by atoms with van der Waals surface area (Å²) >= 11 is 5.14. The fourth-order valence-corrected chi connectivity index (χ4v) is 2.22. The van der Waals surface area contributed by atoms with Crippen molar-refractivity contribution >= 4 is 21.8 Å². The number of benzene rings is 1. The molecule has 0 aromatic heterocycles. The Morgan fingerprint density at radius 2 is 2.07 bits per heavy atom. The van der Waals surface area contributed by atoms with Crippen LogP contribution in [0.4, 0.5) is 0 Å². The van der Waals surface area contributed by atoms with Gasteiger partial charge in [-0.3, -0.25) is 0 Å². The molecule has 14 heavy (non-hydrogen) atoms. The Morgan fingerprint density at radius 1 is 1.43 bits per heavy atom. The van der Waals surface area contributed by atoms with Gasteiger partial charge in [0.05, 0.1) is 4.90 Å². The zero-order valence-corrected chi connectivity index (χ0v) is 8.98. The second kappa shape index (κ2) is 4.59. The molecule has 0 unspecified atom stereocenters. The van der Waals surface area contributed by atoms with Crippen molar-refractivity contribution in [2.75, 3.05) is 0 Å². The molecule has 76 valence electrons. The molecule has 1 rings (SSSR count). The van der Waals surface area contributed by atoms with E-state index in [2.05, 4.69) is 6.58 Å². The van der Waals surface area contributed by atoms with Crippen molar-refractivity contribution in [1.29, 1.82) is 0 Å². The first kappa shape index (κ1) is 11.2. The van der Waals surface area contributed by atoms with Crippen molar-refractivity contribution in [3.05, 3.63) is 42.5 Å². The maximum absolute atomic E-state index is 11.4. The van der Waals surface area contributed by atoms with Crippen molar-refractivity contribution in [3.8, 4) is 0 Å². The maximum atomic E-state index is 11.4. The van der Waals surface area contributed by atoms with E-state index in [0.29, 0.717) is 12.0 Å². The number of allylic oxidation sites excluding steroid dienone is 1. The summed E-state index contributed by atoms with van der Waals surface area (Å²) in [6, 6.07) is 6.64. The van der Waals surface area contributed by atoms with Gasteiger partial charge < -0.3 is 0 Å². The molecular weight excluding hydrogens is 222 g/mol. The van der Waals surface area contributed by atoms with E-state index in [1.54, 1.807) is 28.5 Å². The average Bonchev–Trinajstić information content (AvgIpc) is 2.19. The molecule has 1 N–H and O–H groups in total. The zero-order valence-electron chi connectivity index (χ0n) is 7.40. The highest BCUT2D eigenvalue weighted by Crippen LogP contribution is 2.16. The highest BCUT2D eigenvalue weighted by molar-refractivity contribution is 7.90. The molecule has 0 aliphatic carbocycles. The van der Waals surface area contributed by atoms with Gasteiger partial charge in [0.25, 0.3) is 10.0 Å². The summed E-state index contributed by atoms with van der Waals surface area (Å²) in [4.78, 5) is 0.190. The van der Waals surface area contributed by atoms with Crippen molar-refractivity contribution in [2.45, 2.75) is 11.3 Å². The fourth-order valence-electron chi connectivity index (χ4n) is 1.13. The molecule has 0 atom stereocenters. The van der Waals surface area contributed by atoms with Gasteiger partial charge in [0, 0.05) is 0 Å². The fraction of sp³-hybridized carbons (Fsp3) is 0.111. The van der Waals surface area contributed by atoms with Gasteiger partial charge in [0.2, 0.25) is 0 Å². The van der Waals surface area contributed by atoms with Crippen LogP contribution in [0.1, 0.15) is 5.56 Å². The van der Waals surface area contributed by atoms with Crippen LogP contribution >= 0.6 is 11.8 Å². The van der Waals surface area contributed by atoms with Crippen LogP contribution in [-0.4, -0.2) is 8.42 Å². The van der Waals surface area contributed by atoms with E-state index < -0.39 is 10.0 Å². The minimum Gasteiger partial charge on any atom is -0.206 e. The Hall–Kier alpha value is -0.840. The summed E-state index contributed by atoms with van der Waals surface area (Å²) in [6.45, 7) is 3.56. The Labute approximate surface area is 88.6 Å². The first-order valence-electron chi connectivity index (χ1n) is 3.93. The van der Waals surface area contributed by atoms with Gasteiger partial charge in [0.15, 0.2) is 0 Å². The zero-order chi connectivity index (χ0) is 10.6. The quantitative estimate of drug-likeness (QED) is 0.635. The summed E-state index contributed by atoms with van der Waals surface area (Å²) < 4.78 is 24.6. The first-order valence-corrected chi connectivity index (χ1v) is 5.79. The van der Waals surface area contributed by atoms with E-state index in [4.69, 9.17) is 11.8 Å². The van der Waals surface area contributed by atoms with E-state index in [1.165, 1.54) is 6.07 Å².